The normalized spacial score (nSPS) is 14.2. The van der Waals surface area contributed by atoms with Gasteiger partial charge < -0.3 is 0 Å². The monoisotopic (exact) mass is 184 g/mol. The second kappa shape index (κ2) is 2.84. The molecule has 1 radical (unpaired) electrons. The molecular formula is C3HF7N. The highest BCUT2D eigenvalue weighted by Crippen LogP contribution is 2.37. The van der Waals surface area contributed by atoms with Crippen molar-refractivity contribution in [2.24, 2.45) is 0 Å². The zero-order valence-corrected chi connectivity index (χ0v) is 4.67. The van der Waals surface area contributed by atoms with Crippen molar-refractivity contribution < 1.29 is 30.8 Å². The molecule has 0 fully saturated rings. The third-order valence-corrected chi connectivity index (χ3v) is 0.781. The van der Waals surface area contributed by atoms with Crippen LogP contribution in [0.2, 0.25) is 0 Å². The minimum absolute atomic E-state index is 0.350. The fourth-order valence-corrected chi connectivity index (χ4v) is 0.188. The van der Waals surface area contributed by atoms with Crippen molar-refractivity contribution in [2.45, 2.75) is 18.4 Å². The summed E-state index contributed by atoms with van der Waals surface area (Å²) in [6, 6.07) is -5.67. The van der Waals surface area contributed by atoms with E-state index in [1.54, 1.807) is 0 Å². The van der Waals surface area contributed by atoms with Gasteiger partial charge in [0, 0.05) is 5.54 Å². The van der Waals surface area contributed by atoms with E-state index in [1.165, 1.54) is 0 Å². The van der Waals surface area contributed by atoms with Crippen LogP contribution in [-0.2, 0) is 0 Å². The van der Waals surface area contributed by atoms with Crippen molar-refractivity contribution in [3.8, 4) is 0 Å². The van der Waals surface area contributed by atoms with Gasteiger partial charge >= 0.3 is 18.4 Å². The summed E-state index contributed by atoms with van der Waals surface area (Å²) in [4.78, 5) is 0. The smallest absolute Gasteiger partial charge is 0.203 e. The average Bonchev–Trinajstić information content (AvgIpc) is 1.87. The summed E-state index contributed by atoms with van der Waals surface area (Å²) in [5.41, 5.74) is 0.350. The van der Waals surface area contributed by atoms with E-state index in [0.717, 1.165) is 0 Å². The molecule has 0 rings (SSSR count). The molecule has 0 atom stereocenters. The number of hydrogen-bond acceptors (Lipinski definition) is 0. The highest BCUT2D eigenvalue weighted by atomic mass is 19.4. The lowest BCUT2D eigenvalue weighted by Gasteiger charge is -2.20. The van der Waals surface area contributed by atoms with Crippen molar-refractivity contribution in [2.75, 3.05) is 0 Å². The Labute approximate surface area is 56.1 Å². The van der Waals surface area contributed by atoms with Crippen molar-refractivity contribution in [3.05, 3.63) is 0 Å². The molecule has 0 amide bonds. The van der Waals surface area contributed by atoms with Crippen LogP contribution in [0.3, 0.4) is 0 Å². The summed E-state index contributed by atoms with van der Waals surface area (Å²) in [5, 5.41) is 0. The first-order chi connectivity index (χ1) is 4.75. The zero-order valence-electron chi connectivity index (χ0n) is 4.67. The van der Waals surface area contributed by atoms with E-state index < -0.39 is 18.4 Å². The topological polar surface area (TPSA) is 14.1 Å². The van der Waals surface area contributed by atoms with E-state index in [9.17, 15) is 30.8 Å². The molecule has 67 valence electrons. The van der Waals surface area contributed by atoms with Gasteiger partial charge in [0.25, 0.3) is 0 Å². The molecule has 0 N–H and O–H groups in total. The van der Waals surface area contributed by atoms with Gasteiger partial charge in [-0.25, -0.2) is 8.78 Å². The zero-order chi connectivity index (χ0) is 9.28. The van der Waals surface area contributed by atoms with E-state index in [0.29, 0.717) is 5.54 Å². The SMILES string of the molecule is F[N]C(F)(F)C(F)(F)C(F)F. The van der Waals surface area contributed by atoms with E-state index >= 15 is 0 Å². The lowest BCUT2D eigenvalue weighted by Crippen LogP contribution is -2.50. The Bertz CT molecular complexity index is 132. The molecule has 0 aliphatic heterocycles. The fraction of sp³-hybridized carbons (Fsp3) is 1.00. The molecule has 0 spiro atoms. The minimum Gasteiger partial charge on any atom is -0.203 e. The first kappa shape index (κ1) is 10.5. The standard InChI is InChI=1S/C3HF7N/c4-1(5)2(6,7)3(8,9)11-10/h1H. The van der Waals surface area contributed by atoms with Gasteiger partial charge in [-0.05, 0) is 0 Å². The maximum absolute atomic E-state index is 11.5. The first-order valence-corrected chi connectivity index (χ1v) is 2.12. The molecule has 0 saturated carbocycles. The Morgan fingerprint density at radius 1 is 1.00 bits per heavy atom. The van der Waals surface area contributed by atoms with Crippen LogP contribution in [0.25, 0.3) is 0 Å². The molecule has 1 nitrogen and oxygen atoms in total. The minimum atomic E-state index is -5.76. The number of nitrogens with zero attached hydrogens (tertiary/aromatic N) is 1. The summed E-state index contributed by atoms with van der Waals surface area (Å²) < 4.78 is 78.6. The molecule has 0 aromatic rings. The van der Waals surface area contributed by atoms with Crippen LogP contribution >= 0.6 is 0 Å². The molecule has 0 aromatic carbocycles. The van der Waals surface area contributed by atoms with Crippen LogP contribution in [0.4, 0.5) is 30.8 Å². The predicted octanol–water partition coefficient (Wildman–Crippen LogP) is 1.97. The second-order valence-electron chi connectivity index (χ2n) is 1.55. The molecule has 0 aliphatic carbocycles. The average molecular weight is 184 g/mol. The summed E-state index contributed by atoms with van der Waals surface area (Å²) in [6.45, 7) is 0. The Hall–Kier alpha value is -0.530. The maximum Gasteiger partial charge on any atom is 0.413 e. The van der Waals surface area contributed by atoms with Crippen LogP contribution in [0.15, 0.2) is 0 Å². The predicted molar refractivity (Wildman–Crippen MR) is 19.1 cm³/mol. The molecule has 0 saturated heterocycles. The van der Waals surface area contributed by atoms with Gasteiger partial charge in [0.05, 0.1) is 0 Å². The van der Waals surface area contributed by atoms with Crippen LogP contribution in [0.1, 0.15) is 0 Å². The Morgan fingerprint density at radius 2 is 1.36 bits per heavy atom. The Balaban J connectivity index is 4.53. The lowest BCUT2D eigenvalue weighted by atomic mass is 10.3. The Morgan fingerprint density at radius 3 is 1.45 bits per heavy atom. The molecule has 0 aromatic heterocycles. The van der Waals surface area contributed by atoms with Crippen molar-refractivity contribution in [3.63, 3.8) is 0 Å². The van der Waals surface area contributed by atoms with Crippen molar-refractivity contribution in [1.29, 1.82) is 0 Å². The van der Waals surface area contributed by atoms with Crippen LogP contribution in [0.5, 0.6) is 0 Å². The molecular weight excluding hydrogens is 183 g/mol. The Kier molecular flexibility index (Phi) is 2.70. The van der Waals surface area contributed by atoms with Gasteiger partial charge in [0.2, 0.25) is 0 Å². The first-order valence-electron chi connectivity index (χ1n) is 2.12. The van der Waals surface area contributed by atoms with Crippen LogP contribution in [-0.4, -0.2) is 18.4 Å². The van der Waals surface area contributed by atoms with Crippen LogP contribution < -0.4 is 5.54 Å². The largest absolute Gasteiger partial charge is 0.413 e. The number of halogens is 7. The van der Waals surface area contributed by atoms with E-state index in [2.05, 4.69) is 0 Å². The lowest BCUT2D eigenvalue weighted by molar-refractivity contribution is -0.295. The molecule has 0 heterocycles. The summed E-state index contributed by atoms with van der Waals surface area (Å²) in [7, 11) is 0. The maximum atomic E-state index is 11.5. The summed E-state index contributed by atoms with van der Waals surface area (Å²) in [5.74, 6) is -5.76. The highest BCUT2D eigenvalue weighted by molar-refractivity contribution is 4.81. The third kappa shape index (κ3) is 1.73. The molecule has 11 heavy (non-hydrogen) atoms. The van der Waals surface area contributed by atoms with Gasteiger partial charge in [-0.3, -0.25) is 0 Å². The van der Waals surface area contributed by atoms with E-state index in [1.807, 2.05) is 0 Å². The number of alkyl halides is 6. The number of rotatable bonds is 3. The second-order valence-corrected chi connectivity index (χ2v) is 1.55. The van der Waals surface area contributed by atoms with Crippen molar-refractivity contribution in [1.82, 2.24) is 5.54 Å². The van der Waals surface area contributed by atoms with Crippen LogP contribution in [0, 0.1) is 0 Å². The molecule has 8 heteroatoms. The quantitative estimate of drug-likeness (QED) is 0.470. The molecule has 0 aliphatic rings. The molecule has 0 bridgehead atoms. The summed E-state index contributed by atoms with van der Waals surface area (Å²) >= 11 is 0. The highest BCUT2D eigenvalue weighted by Gasteiger charge is 2.65. The fourth-order valence-electron chi connectivity index (χ4n) is 0.188. The van der Waals surface area contributed by atoms with Gasteiger partial charge in [-0.2, -0.15) is 17.6 Å². The van der Waals surface area contributed by atoms with Crippen molar-refractivity contribution >= 4 is 0 Å². The van der Waals surface area contributed by atoms with E-state index in [4.69, 9.17) is 0 Å². The van der Waals surface area contributed by atoms with Gasteiger partial charge in [-0.15, -0.1) is 4.48 Å². The van der Waals surface area contributed by atoms with Gasteiger partial charge in [0.15, 0.2) is 0 Å². The van der Waals surface area contributed by atoms with Gasteiger partial charge in [-0.1, -0.05) is 0 Å². The van der Waals surface area contributed by atoms with E-state index in [-0.39, 0.29) is 0 Å². The summed E-state index contributed by atoms with van der Waals surface area (Å²) in [6.07, 6.45) is -4.66. The molecule has 0 unspecified atom stereocenters. The van der Waals surface area contributed by atoms with Gasteiger partial charge in [0.1, 0.15) is 0 Å². The third-order valence-electron chi connectivity index (χ3n) is 0.781. The number of hydrogen-bond donors (Lipinski definition) is 0.